The van der Waals surface area contributed by atoms with Crippen molar-refractivity contribution >= 4 is 18.4 Å². The summed E-state index contributed by atoms with van der Waals surface area (Å²) < 4.78 is 4.96. The quantitative estimate of drug-likeness (QED) is 0.739. The highest BCUT2D eigenvalue weighted by molar-refractivity contribution is 5.85. The van der Waals surface area contributed by atoms with E-state index in [9.17, 15) is 0 Å². The number of aromatic nitrogens is 2. The molecule has 1 aliphatic rings. The number of nitrogens with zero attached hydrogens (tertiary/aromatic N) is 2. The second-order valence-corrected chi connectivity index (χ2v) is 2.48. The van der Waals surface area contributed by atoms with E-state index in [0.717, 1.165) is 5.89 Å². The molecule has 1 saturated carbocycles. The third-order valence-electron chi connectivity index (χ3n) is 1.59. The fraction of sp³-hybridized carbons (Fsp3) is 0.667. The van der Waals surface area contributed by atoms with Crippen LogP contribution in [0.3, 0.4) is 0 Å². The Morgan fingerprint density at radius 1 is 1.55 bits per heavy atom. The molecule has 2 rings (SSSR count). The Kier molecular flexibility index (Phi) is 2.34. The van der Waals surface area contributed by atoms with Gasteiger partial charge in [0.05, 0.1) is 0 Å². The molecule has 0 bridgehead atoms. The number of hydrogen-bond donors (Lipinski definition) is 1. The largest absolute Gasteiger partial charge is 0.355 e. The predicted octanol–water partition coefficient (Wildman–Crippen LogP) is 1.41. The van der Waals surface area contributed by atoms with Crippen LogP contribution in [-0.2, 0) is 0 Å². The number of rotatable bonds is 2. The number of anilines is 1. The van der Waals surface area contributed by atoms with Crippen molar-refractivity contribution in [2.45, 2.75) is 18.8 Å². The van der Waals surface area contributed by atoms with Crippen molar-refractivity contribution < 1.29 is 4.52 Å². The predicted molar refractivity (Wildman–Crippen MR) is 43.1 cm³/mol. The van der Waals surface area contributed by atoms with Gasteiger partial charge in [-0.3, -0.25) is 0 Å². The Morgan fingerprint density at radius 3 is 2.73 bits per heavy atom. The second-order valence-electron chi connectivity index (χ2n) is 2.48. The van der Waals surface area contributed by atoms with Gasteiger partial charge in [-0.2, -0.15) is 4.98 Å². The van der Waals surface area contributed by atoms with E-state index in [0.29, 0.717) is 11.9 Å². The van der Waals surface area contributed by atoms with Crippen molar-refractivity contribution in [1.82, 2.24) is 10.1 Å². The van der Waals surface area contributed by atoms with E-state index in [2.05, 4.69) is 15.5 Å². The first-order valence-corrected chi connectivity index (χ1v) is 3.41. The van der Waals surface area contributed by atoms with Crippen molar-refractivity contribution in [3.8, 4) is 0 Å². The van der Waals surface area contributed by atoms with E-state index < -0.39 is 0 Å². The van der Waals surface area contributed by atoms with Gasteiger partial charge in [0.1, 0.15) is 0 Å². The van der Waals surface area contributed by atoms with Crippen LogP contribution in [0.2, 0.25) is 0 Å². The summed E-state index contributed by atoms with van der Waals surface area (Å²) in [4.78, 5) is 4.10. The fourth-order valence-corrected chi connectivity index (χ4v) is 0.833. The molecular formula is C6H10ClN3O. The zero-order chi connectivity index (χ0) is 6.97. The number of halogens is 1. The topological polar surface area (TPSA) is 51.0 Å². The first kappa shape index (κ1) is 8.33. The summed E-state index contributed by atoms with van der Waals surface area (Å²) in [5.74, 6) is 1.92. The number of hydrogen-bond acceptors (Lipinski definition) is 4. The molecule has 5 heteroatoms. The SMILES string of the molecule is CNc1noc(C2CC2)n1.Cl. The van der Waals surface area contributed by atoms with E-state index >= 15 is 0 Å². The lowest BCUT2D eigenvalue weighted by Crippen LogP contribution is -1.89. The lowest BCUT2D eigenvalue weighted by molar-refractivity contribution is 0.380. The Bertz CT molecular complexity index is 233. The Labute approximate surface area is 70.8 Å². The summed E-state index contributed by atoms with van der Waals surface area (Å²) >= 11 is 0. The first-order valence-electron chi connectivity index (χ1n) is 3.41. The lowest BCUT2D eigenvalue weighted by Gasteiger charge is -1.82. The standard InChI is InChI=1S/C6H9N3O.ClH/c1-7-6-8-5(10-9-6)4-2-3-4;/h4H,2-3H2,1H3,(H,7,9);1H. The highest BCUT2D eigenvalue weighted by Gasteiger charge is 2.29. The van der Waals surface area contributed by atoms with Crippen molar-refractivity contribution in [3.05, 3.63) is 5.89 Å². The molecule has 11 heavy (non-hydrogen) atoms. The van der Waals surface area contributed by atoms with Gasteiger partial charge in [-0.25, -0.2) is 0 Å². The van der Waals surface area contributed by atoms with Gasteiger partial charge in [-0.05, 0) is 18.0 Å². The van der Waals surface area contributed by atoms with Crippen LogP contribution in [-0.4, -0.2) is 17.2 Å². The third kappa shape index (κ3) is 1.63. The Morgan fingerprint density at radius 2 is 2.27 bits per heavy atom. The molecular weight excluding hydrogens is 166 g/mol. The van der Waals surface area contributed by atoms with Crippen molar-refractivity contribution in [2.24, 2.45) is 0 Å². The molecule has 0 saturated heterocycles. The van der Waals surface area contributed by atoms with Crippen LogP contribution in [0.5, 0.6) is 0 Å². The molecule has 0 aliphatic heterocycles. The summed E-state index contributed by atoms with van der Waals surface area (Å²) in [6.07, 6.45) is 2.40. The van der Waals surface area contributed by atoms with Crippen LogP contribution in [0.1, 0.15) is 24.7 Å². The molecule has 0 radical (unpaired) electrons. The molecule has 62 valence electrons. The molecule has 1 heterocycles. The highest BCUT2D eigenvalue weighted by atomic mass is 35.5. The van der Waals surface area contributed by atoms with Crippen LogP contribution in [0.4, 0.5) is 5.95 Å². The summed E-state index contributed by atoms with van der Waals surface area (Å²) in [6, 6.07) is 0. The second kappa shape index (κ2) is 3.09. The van der Waals surface area contributed by atoms with Crippen LogP contribution in [0.25, 0.3) is 0 Å². The van der Waals surface area contributed by atoms with E-state index in [1.54, 1.807) is 7.05 Å². The zero-order valence-corrected chi connectivity index (χ0v) is 7.02. The van der Waals surface area contributed by atoms with E-state index in [4.69, 9.17) is 4.52 Å². The molecule has 1 N–H and O–H groups in total. The van der Waals surface area contributed by atoms with Crippen LogP contribution < -0.4 is 5.32 Å². The van der Waals surface area contributed by atoms with Crippen LogP contribution in [0, 0.1) is 0 Å². The van der Waals surface area contributed by atoms with Gasteiger partial charge in [0.25, 0.3) is 5.95 Å². The Balaban J connectivity index is 0.000000605. The Hall–Kier alpha value is -0.770. The molecule has 0 atom stereocenters. The molecule has 0 unspecified atom stereocenters. The molecule has 4 nitrogen and oxygen atoms in total. The van der Waals surface area contributed by atoms with Gasteiger partial charge in [0, 0.05) is 13.0 Å². The van der Waals surface area contributed by atoms with Crippen molar-refractivity contribution in [1.29, 1.82) is 0 Å². The molecule has 1 aromatic heterocycles. The summed E-state index contributed by atoms with van der Waals surface area (Å²) in [5.41, 5.74) is 0. The molecule has 0 spiro atoms. The van der Waals surface area contributed by atoms with Gasteiger partial charge in [-0.15, -0.1) is 12.4 Å². The molecule has 0 amide bonds. The van der Waals surface area contributed by atoms with E-state index in [1.807, 2.05) is 0 Å². The van der Waals surface area contributed by atoms with Gasteiger partial charge in [-0.1, -0.05) is 0 Å². The highest BCUT2D eigenvalue weighted by Crippen LogP contribution is 2.39. The van der Waals surface area contributed by atoms with E-state index in [-0.39, 0.29) is 12.4 Å². The first-order chi connectivity index (χ1) is 4.90. The van der Waals surface area contributed by atoms with Gasteiger partial charge in [0.2, 0.25) is 5.89 Å². The minimum atomic E-state index is 0. The normalized spacial score (nSPS) is 15.7. The minimum absolute atomic E-state index is 0. The van der Waals surface area contributed by atoms with Crippen molar-refractivity contribution in [2.75, 3.05) is 12.4 Å². The maximum absolute atomic E-state index is 4.96. The summed E-state index contributed by atoms with van der Waals surface area (Å²) in [5, 5.41) is 6.51. The summed E-state index contributed by atoms with van der Waals surface area (Å²) in [7, 11) is 1.78. The van der Waals surface area contributed by atoms with Crippen molar-refractivity contribution in [3.63, 3.8) is 0 Å². The molecule has 1 fully saturated rings. The maximum Gasteiger partial charge on any atom is 0.263 e. The van der Waals surface area contributed by atoms with Gasteiger partial charge in [0.15, 0.2) is 0 Å². The average Bonchev–Trinajstić information content (AvgIpc) is 2.70. The number of nitrogens with one attached hydrogen (secondary N) is 1. The monoisotopic (exact) mass is 175 g/mol. The molecule has 1 aromatic rings. The van der Waals surface area contributed by atoms with Crippen LogP contribution in [0.15, 0.2) is 4.52 Å². The maximum atomic E-state index is 4.96. The van der Waals surface area contributed by atoms with Gasteiger partial charge < -0.3 is 9.84 Å². The molecule has 1 aliphatic carbocycles. The smallest absolute Gasteiger partial charge is 0.263 e. The van der Waals surface area contributed by atoms with Crippen LogP contribution >= 0.6 is 12.4 Å². The molecule has 0 aromatic carbocycles. The summed E-state index contributed by atoms with van der Waals surface area (Å²) in [6.45, 7) is 0. The lowest BCUT2D eigenvalue weighted by atomic mass is 10.4. The zero-order valence-electron chi connectivity index (χ0n) is 6.20. The fourth-order valence-electron chi connectivity index (χ4n) is 0.833. The van der Waals surface area contributed by atoms with Gasteiger partial charge >= 0.3 is 0 Å². The average molecular weight is 176 g/mol. The van der Waals surface area contributed by atoms with E-state index in [1.165, 1.54) is 12.8 Å². The third-order valence-corrected chi connectivity index (χ3v) is 1.59. The minimum Gasteiger partial charge on any atom is -0.355 e.